The van der Waals surface area contributed by atoms with Crippen LogP contribution < -0.4 is 5.32 Å². The molecule has 2 aromatic heterocycles. The molecule has 0 amide bonds. The number of rotatable bonds is 7. The molecule has 0 aliphatic carbocycles. The van der Waals surface area contributed by atoms with Crippen molar-refractivity contribution in [2.45, 2.75) is 26.7 Å². The number of aliphatic carboxylic acids is 1. The van der Waals surface area contributed by atoms with Crippen LogP contribution in [0.3, 0.4) is 0 Å². The van der Waals surface area contributed by atoms with Crippen LogP contribution in [0.2, 0.25) is 0 Å². The second kappa shape index (κ2) is 8.14. The van der Waals surface area contributed by atoms with E-state index in [4.69, 9.17) is 10.1 Å². The minimum atomic E-state index is -0.838. The monoisotopic (exact) mass is 379 g/mol. The Balaban J connectivity index is 1.93. The van der Waals surface area contributed by atoms with E-state index in [1.165, 1.54) is 0 Å². The summed E-state index contributed by atoms with van der Waals surface area (Å²) in [4.78, 5) is 21.2. The van der Waals surface area contributed by atoms with Crippen molar-refractivity contribution in [3.63, 3.8) is 0 Å². The van der Waals surface area contributed by atoms with Gasteiger partial charge < -0.3 is 10.4 Å². The Morgan fingerprint density at radius 3 is 2.63 bits per heavy atom. The number of aryl methyl sites for hydroxylation is 1. The first kappa shape index (κ1) is 18.8. The van der Waals surface area contributed by atoms with Gasteiger partial charge in [0.05, 0.1) is 11.3 Å². The van der Waals surface area contributed by atoms with Crippen LogP contribution in [0.5, 0.6) is 0 Å². The second-order valence-corrected chi connectivity index (χ2v) is 7.07. The van der Waals surface area contributed by atoms with Gasteiger partial charge in [-0.15, -0.1) is 11.3 Å². The molecule has 0 atom stereocenters. The number of anilines is 2. The maximum Gasteiger partial charge on any atom is 0.307 e. The maximum atomic E-state index is 10.8. The Bertz CT molecular complexity index is 978. The quantitative estimate of drug-likeness (QED) is 0.598. The fraction of sp³-hybridized carbons (Fsp3) is 0.190. The number of carboxylic acids is 1. The molecule has 2 heterocycles. The van der Waals surface area contributed by atoms with E-state index < -0.39 is 5.97 Å². The third kappa shape index (κ3) is 4.41. The van der Waals surface area contributed by atoms with Gasteiger partial charge in [0.1, 0.15) is 5.82 Å². The standard InChI is InChI=1S/C21H21N3O2S/c1-4-14-10-18(27-12-14)21-22-13(3)17(5-2)20(24-21)23-16-8-6-15(7-9-16)11-19(25)26/h4,6-10,12H,1,5,11H2,2-3H3,(H,25,26)(H,22,23,24). The molecule has 27 heavy (non-hydrogen) atoms. The molecular formula is C21H21N3O2S. The van der Waals surface area contributed by atoms with Gasteiger partial charge in [-0.25, -0.2) is 9.97 Å². The van der Waals surface area contributed by atoms with E-state index in [2.05, 4.69) is 23.8 Å². The van der Waals surface area contributed by atoms with Crippen LogP contribution in [-0.4, -0.2) is 21.0 Å². The summed E-state index contributed by atoms with van der Waals surface area (Å²) in [5, 5.41) is 14.3. The average molecular weight is 379 g/mol. The third-order valence-electron chi connectivity index (χ3n) is 4.22. The Morgan fingerprint density at radius 1 is 1.30 bits per heavy atom. The Morgan fingerprint density at radius 2 is 2.04 bits per heavy atom. The average Bonchev–Trinajstić information content (AvgIpc) is 3.12. The number of thiophene rings is 1. The third-order valence-corrected chi connectivity index (χ3v) is 5.16. The molecule has 6 heteroatoms. The van der Waals surface area contributed by atoms with Gasteiger partial charge in [-0.3, -0.25) is 4.79 Å². The minimum absolute atomic E-state index is 0.0151. The van der Waals surface area contributed by atoms with E-state index in [0.717, 1.165) is 45.2 Å². The highest BCUT2D eigenvalue weighted by molar-refractivity contribution is 7.13. The highest BCUT2D eigenvalue weighted by Crippen LogP contribution is 2.29. The summed E-state index contributed by atoms with van der Waals surface area (Å²) in [6, 6.07) is 9.40. The molecule has 0 radical (unpaired) electrons. The lowest BCUT2D eigenvalue weighted by molar-refractivity contribution is -0.136. The molecule has 0 aliphatic heterocycles. The summed E-state index contributed by atoms with van der Waals surface area (Å²) in [5.74, 6) is 0.627. The van der Waals surface area contributed by atoms with Crippen LogP contribution in [0.4, 0.5) is 11.5 Å². The van der Waals surface area contributed by atoms with E-state index in [9.17, 15) is 4.79 Å². The molecular weight excluding hydrogens is 358 g/mol. The molecule has 0 bridgehead atoms. The zero-order valence-electron chi connectivity index (χ0n) is 15.3. The number of benzene rings is 1. The number of carbonyl (C=O) groups is 1. The highest BCUT2D eigenvalue weighted by atomic mass is 32.1. The first-order chi connectivity index (χ1) is 13.0. The molecule has 5 nitrogen and oxygen atoms in total. The topological polar surface area (TPSA) is 75.1 Å². The molecule has 138 valence electrons. The van der Waals surface area contributed by atoms with Crippen molar-refractivity contribution in [3.8, 4) is 10.7 Å². The SMILES string of the molecule is C=Cc1csc(-c2nc(C)c(CC)c(Nc3ccc(CC(=O)O)cc3)n2)c1. The number of nitrogens with one attached hydrogen (secondary N) is 1. The summed E-state index contributed by atoms with van der Waals surface area (Å²) in [7, 11) is 0. The summed E-state index contributed by atoms with van der Waals surface area (Å²) in [6.45, 7) is 7.87. The lowest BCUT2D eigenvalue weighted by Crippen LogP contribution is -2.05. The van der Waals surface area contributed by atoms with Gasteiger partial charge >= 0.3 is 5.97 Å². The van der Waals surface area contributed by atoms with Crippen molar-refractivity contribution in [1.29, 1.82) is 0 Å². The number of nitrogens with zero attached hydrogens (tertiary/aromatic N) is 2. The molecule has 1 aromatic carbocycles. The van der Waals surface area contributed by atoms with Crippen LogP contribution in [0, 0.1) is 6.92 Å². The number of hydrogen-bond acceptors (Lipinski definition) is 5. The molecule has 0 spiro atoms. The van der Waals surface area contributed by atoms with Gasteiger partial charge in [0, 0.05) is 16.9 Å². The van der Waals surface area contributed by atoms with Gasteiger partial charge in [0.15, 0.2) is 5.82 Å². The molecule has 0 saturated carbocycles. The number of carboxylic acid groups (broad SMARTS) is 1. The van der Waals surface area contributed by atoms with E-state index in [1.807, 2.05) is 48.7 Å². The first-order valence-corrected chi connectivity index (χ1v) is 9.54. The van der Waals surface area contributed by atoms with Crippen molar-refractivity contribution in [1.82, 2.24) is 9.97 Å². The van der Waals surface area contributed by atoms with Crippen LogP contribution in [0.25, 0.3) is 16.8 Å². The van der Waals surface area contributed by atoms with Crippen LogP contribution in [0.1, 0.15) is 29.3 Å². The summed E-state index contributed by atoms with van der Waals surface area (Å²) in [5.41, 5.74) is 4.69. The summed E-state index contributed by atoms with van der Waals surface area (Å²) >= 11 is 1.59. The molecule has 3 aromatic rings. The lowest BCUT2D eigenvalue weighted by Gasteiger charge is -2.14. The van der Waals surface area contributed by atoms with Gasteiger partial charge in [0.2, 0.25) is 0 Å². The van der Waals surface area contributed by atoms with E-state index >= 15 is 0 Å². The molecule has 0 saturated heterocycles. The highest BCUT2D eigenvalue weighted by Gasteiger charge is 2.13. The van der Waals surface area contributed by atoms with Crippen molar-refractivity contribution >= 4 is 34.9 Å². The largest absolute Gasteiger partial charge is 0.481 e. The van der Waals surface area contributed by atoms with Crippen LogP contribution >= 0.6 is 11.3 Å². The van der Waals surface area contributed by atoms with Crippen molar-refractivity contribution in [2.75, 3.05) is 5.32 Å². The fourth-order valence-electron chi connectivity index (χ4n) is 2.83. The van der Waals surface area contributed by atoms with Gasteiger partial charge in [0.25, 0.3) is 0 Å². The Labute approximate surface area is 162 Å². The molecule has 0 fully saturated rings. The summed E-state index contributed by atoms with van der Waals surface area (Å²) in [6.07, 6.45) is 2.64. The van der Waals surface area contributed by atoms with E-state index in [1.54, 1.807) is 11.3 Å². The summed E-state index contributed by atoms with van der Waals surface area (Å²) < 4.78 is 0. The zero-order chi connectivity index (χ0) is 19.4. The van der Waals surface area contributed by atoms with E-state index in [-0.39, 0.29) is 6.42 Å². The molecule has 2 N–H and O–H groups in total. The second-order valence-electron chi connectivity index (χ2n) is 6.15. The van der Waals surface area contributed by atoms with Crippen molar-refractivity contribution in [3.05, 3.63) is 64.7 Å². The smallest absolute Gasteiger partial charge is 0.307 e. The number of hydrogen-bond donors (Lipinski definition) is 2. The Kier molecular flexibility index (Phi) is 5.66. The zero-order valence-corrected chi connectivity index (χ0v) is 16.1. The van der Waals surface area contributed by atoms with Gasteiger partial charge in [-0.05, 0) is 48.1 Å². The minimum Gasteiger partial charge on any atom is -0.481 e. The van der Waals surface area contributed by atoms with E-state index in [0.29, 0.717) is 5.82 Å². The van der Waals surface area contributed by atoms with Gasteiger partial charge in [-0.2, -0.15) is 0 Å². The predicted octanol–water partition coefficient (Wildman–Crippen LogP) is 5.09. The molecule has 0 aliphatic rings. The predicted molar refractivity (Wildman–Crippen MR) is 111 cm³/mol. The maximum absolute atomic E-state index is 10.8. The van der Waals surface area contributed by atoms with Crippen LogP contribution in [-0.2, 0) is 17.6 Å². The normalized spacial score (nSPS) is 10.6. The molecule has 3 rings (SSSR count). The number of aromatic nitrogens is 2. The van der Waals surface area contributed by atoms with Crippen molar-refractivity contribution in [2.24, 2.45) is 0 Å². The lowest BCUT2D eigenvalue weighted by atomic mass is 10.1. The van der Waals surface area contributed by atoms with Gasteiger partial charge in [-0.1, -0.05) is 31.7 Å². The Hall–Kier alpha value is -2.99. The fourth-order valence-corrected chi connectivity index (χ4v) is 3.65. The molecule has 0 unspecified atom stereocenters. The van der Waals surface area contributed by atoms with Crippen LogP contribution in [0.15, 0.2) is 42.3 Å². The van der Waals surface area contributed by atoms with Crippen molar-refractivity contribution < 1.29 is 9.90 Å². The first-order valence-electron chi connectivity index (χ1n) is 8.66.